The number of halogens is 1. The average molecular weight is 268 g/mol. The van der Waals surface area contributed by atoms with Crippen LogP contribution in [0, 0.1) is 0 Å². The molecule has 0 aliphatic carbocycles. The van der Waals surface area contributed by atoms with Gasteiger partial charge in [-0.2, -0.15) is 0 Å². The van der Waals surface area contributed by atoms with Crippen LogP contribution in [0.25, 0.3) is 0 Å². The van der Waals surface area contributed by atoms with Crippen molar-refractivity contribution in [1.29, 1.82) is 0 Å². The lowest BCUT2D eigenvalue weighted by Crippen LogP contribution is -2.29. The monoisotopic (exact) mass is 267 g/mol. The maximum Gasteiger partial charge on any atom is 0.123 e. The Morgan fingerprint density at radius 1 is 1.22 bits per heavy atom. The third kappa shape index (κ3) is 3.89. The van der Waals surface area contributed by atoms with Crippen LogP contribution in [-0.2, 0) is 6.54 Å². The highest BCUT2D eigenvalue weighted by molar-refractivity contribution is 6.30. The van der Waals surface area contributed by atoms with Crippen molar-refractivity contribution in [1.82, 2.24) is 4.90 Å². The minimum atomic E-state index is 0.772. The molecular formula is C15H22ClNO. The highest BCUT2D eigenvalue weighted by Gasteiger charge is 2.13. The van der Waals surface area contributed by atoms with Crippen molar-refractivity contribution in [2.75, 3.05) is 19.7 Å². The first-order valence-electron chi connectivity index (χ1n) is 6.93. The predicted molar refractivity (Wildman–Crippen MR) is 76.4 cm³/mol. The summed E-state index contributed by atoms with van der Waals surface area (Å²) in [5, 5.41) is 0.797. The Morgan fingerprint density at radius 2 is 2.00 bits per heavy atom. The first-order chi connectivity index (χ1) is 8.79. The topological polar surface area (TPSA) is 12.5 Å². The van der Waals surface area contributed by atoms with Crippen LogP contribution in [0.2, 0.25) is 5.02 Å². The van der Waals surface area contributed by atoms with Gasteiger partial charge in [-0.15, -0.1) is 0 Å². The van der Waals surface area contributed by atoms with Crippen LogP contribution in [-0.4, -0.2) is 24.6 Å². The fraction of sp³-hybridized carbons (Fsp3) is 0.600. The second kappa shape index (κ2) is 7.01. The summed E-state index contributed by atoms with van der Waals surface area (Å²) in [6.45, 7) is 6.24. The van der Waals surface area contributed by atoms with Gasteiger partial charge in [-0.05, 0) is 50.6 Å². The van der Waals surface area contributed by atoms with E-state index >= 15 is 0 Å². The van der Waals surface area contributed by atoms with Crippen molar-refractivity contribution in [2.24, 2.45) is 0 Å². The van der Waals surface area contributed by atoms with Gasteiger partial charge in [0.05, 0.1) is 6.61 Å². The van der Waals surface area contributed by atoms with E-state index in [0.717, 1.165) is 30.3 Å². The maximum atomic E-state index is 6.09. The maximum absolute atomic E-state index is 6.09. The van der Waals surface area contributed by atoms with Crippen LogP contribution in [0.4, 0.5) is 0 Å². The van der Waals surface area contributed by atoms with E-state index in [2.05, 4.69) is 11.8 Å². The highest BCUT2D eigenvalue weighted by atomic mass is 35.5. The Hall–Kier alpha value is -0.730. The Kier molecular flexibility index (Phi) is 5.33. The quantitative estimate of drug-likeness (QED) is 0.796. The summed E-state index contributed by atoms with van der Waals surface area (Å²) in [6.07, 6.45) is 5.02. The van der Waals surface area contributed by atoms with Gasteiger partial charge in [-0.3, -0.25) is 4.90 Å². The molecule has 1 heterocycles. The SMILES string of the molecule is CCCOc1ccc(Cl)cc1CN1CCCCC1. The van der Waals surface area contributed by atoms with Gasteiger partial charge in [0.15, 0.2) is 0 Å². The summed E-state index contributed by atoms with van der Waals surface area (Å²) < 4.78 is 5.80. The lowest BCUT2D eigenvalue weighted by molar-refractivity contribution is 0.216. The van der Waals surface area contributed by atoms with Crippen LogP contribution < -0.4 is 4.74 Å². The smallest absolute Gasteiger partial charge is 0.123 e. The van der Waals surface area contributed by atoms with E-state index < -0.39 is 0 Å². The molecule has 0 bridgehead atoms. The Labute approximate surface area is 115 Å². The molecule has 100 valence electrons. The zero-order valence-corrected chi connectivity index (χ0v) is 11.9. The lowest BCUT2D eigenvalue weighted by Gasteiger charge is -2.27. The molecule has 0 aromatic heterocycles. The van der Waals surface area contributed by atoms with Gasteiger partial charge in [0, 0.05) is 17.1 Å². The van der Waals surface area contributed by atoms with Crippen LogP contribution in [0.15, 0.2) is 18.2 Å². The number of hydrogen-bond donors (Lipinski definition) is 0. The normalized spacial score (nSPS) is 16.8. The number of piperidine rings is 1. The summed E-state index contributed by atoms with van der Waals surface area (Å²) in [6, 6.07) is 5.95. The summed E-state index contributed by atoms with van der Waals surface area (Å²) in [5.41, 5.74) is 1.22. The van der Waals surface area contributed by atoms with Gasteiger partial charge >= 0.3 is 0 Å². The summed E-state index contributed by atoms with van der Waals surface area (Å²) in [7, 11) is 0. The van der Waals surface area contributed by atoms with E-state index in [4.69, 9.17) is 16.3 Å². The lowest BCUT2D eigenvalue weighted by atomic mass is 10.1. The Balaban J connectivity index is 2.05. The number of ether oxygens (including phenoxy) is 1. The van der Waals surface area contributed by atoms with Crippen LogP contribution in [0.3, 0.4) is 0 Å². The first-order valence-corrected chi connectivity index (χ1v) is 7.31. The molecule has 0 radical (unpaired) electrons. The van der Waals surface area contributed by atoms with E-state index in [1.807, 2.05) is 18.2 Å². The van der Waals surface area contributed by atoms with E-state index in [1.165, 1.54) is 37.9 Å². The van der Waals surface area contributed by atoms with E-state index in [9.17, 15) is 0 Å². The largest absolute Gasteiger partial charge is 0.493 e. The van der Waals surface area contributed by atoms with Crippen LogP contribution >= 0.6 is 11.6 Å². The third-order valence-corrected chi connectivity index (χ3v) is 3.56. The molecule has 0 spiro atoms. The molecule has 1 aromatic carbocycles. The zero-order valence-electron chi connectivity index (χ0n) is 11.1. The molecule has 1 aromatic rings. The number of nitrogens with zero attached hydrogens (tertiary/aromatic N) is 1. The minimum absolute atomic E-state index is 0.772. The second-order valence-electron chi connectivity index (χ2n) is 4.94. The van der Waals surface area contributed by atoms with Crippen molar-refractivity contribution < 1.29 is 4.74 Å². The predicted octanol–water partition coefficient (Wildman–Crippen LogP) is 4.11. The van der Waals surface area contributed by atoms with Crippen LogP contribution in [0.1, 0.15) is 38.2 Å². The molecule has 18 heavy (non-hydrogen) atoms. The first kappa shape index (κ1) is 13.7. The fourth-order valence-corrected chi connectivity index (χ4v) is 2.58. The second-order valence-corrected chi connectivity index (χ2v) is 5.37. The van der Waals surface area contributed by atoms with Gasteiger partial charge in [0.1, 0.15) is 5.75 Å². The molecule has 0 amide bonds. The average Bonchev–Trinajstić information content (AvgIpc) is 2.39. The summed E-state index contributed by atoms with van der Waals surface area (Å²) in [5.74, 6) is 0.992. The minimum Gasteiger partial charge on any atom is -0.493 e. The van der Waals surface area contributed by atoms with Crippen LogP contribution in [0.5, 0.6) is 5.75 Å². The fourth-order valence-electron chi connectivity index (χ4n) is 2.38. The molecule has 0 N–H and O–H groups in total. The molecule has 2 rings (SSSR count). The molecular weight excluding hydrogens is 246 g/mol. The van der Waals surface area contributed by atoms with Crippen molar-refractivity contribution in [3.63, 3.8) is 0 Å². The number of rotatable bonds is 5. The molecule has 3 heteroatoms. The number of benzene rings is 1. The van der Waals surface area contributed by atoms with Crippen molar-refractivity contribution in [3.8, 4) is 5.75 Å². The van der Waals surface area contributed by atoms with E-state index in [0.29, 0.717) is 0 Å². The van der Waals surface area contributed by atoms with Gasteiger partial charge in [-0.25, -0.2) is 0 Å². The Bertz CT molecular complexity index is 375. The van der Waals surface area contributed by atoms with Gasteiger partial charge < -0.3 is 4.74 Å². The zero-order chi connectivity index (χ0) is 12.8. The molecule has 0 atom stereocenters. The summed E-state index contributed by atoms with van der Waals surface area (Å²) >= 11 is 6.09. The molecule has 1 saturated heterocycles. The molecule has 1 aliphatic heterocycles. The van der Waals surface area contributed by atoms with Gasteiger partial charge in [-0.1, -0.05) is 24.9 Å². The van der Waals surface area contributed by atoms with Crippen molar-refractivity contribution in [2.45, 2.75) is 39.2 Å². The third-order valence-electron chi connectivity index (χ3n) is 3.33. The molecule has 0 saturated carbocycles. The Morgan fingerprint density at radius 3 is 2.72 bits per heavy atom. The number of hydrogen-bond acceptors (Lipinski definition) is 2. The highest BCUT2D eigenvalue weighted by Crippen LogP contribution is 2.25. The van der Waals surface area contributed by atoms with Gasteiger partial charge in [0.2, 0.25) is 0 Å². The van der Waals surface area contributed by atoms with Gasteiger partial charge in [0.25, 0.3) is 0 Å². The van der Waals surface area contributed by atoms with E-state index in [1.54, 1.807) is 0 Å². The summed E-state index contributed by atoms with van der Waals surface area (Å²) in [4.78, 5) is 2.49. The number of likely N-dealkylation sites (tertiary alicyclic amines) is 1. The van der Waals surface area contributed by atoms with Crippen molar-refractivity contribution in [3.05, 3.63) is 28.8 Å². The molecule has 1 fully saturated rings. The van der Waals surface area contributed by atoms with E-state index in [-0.39, 0.29) is 0 Å². The standard InChI is InChI=1S/C15H22ClNO/c1-2-10-18-15-7-6-14(16)11-13(15)12-17-8-4-3-5-9-17/h6-7,11H,2-5,8-10,12H2,1H3. The molecule has 2 nitrogen and oxygen atoms in total. The molecule has 1 aliphatic rings. The molecule has 0 unspecified atom stereocenters. The van der Waals surface area contributed by atoms with Crippen molar-refractivity contribution >= 4 is 11.6 Å².